The summed E-state index contributed by atoms with van der Waals surface area (Å²) in [6.07, 6.45) is 1.77. The van der Waals surface area contributed by atoms with Gasteiger partial charge in [-0.2, -0.15) is 5.26 Å². The van der Waals surface area contributed by atoms with Crippen LogP contribution in [-0.2, 0) is 0 Å². The fourth-order valence-corrected chi connectivity index (χ4v) is 3.21. The molecule has 0 aliphatic carbocycles. The summed E-state index contributed by atoms with van der Waals surface area (Å²) in [6, 6.07) is 7.80. The third-order valence-corrected chi connectivity index (χ3v) is 4.60. The highest BCUT2D eigenvalue weighted by molar-refractivity contribution is 7.99. The summed E-state index contributed by atoms with van der Waals surface area (Å²) < 4.78 is 0. The summed E-state index contributed by atoms with van der Waals surface area (Å²) in [5.41, 5.74) is -0.437. The molecule has 1 aromatic carbocycles. The quantitative estimate of drug-likeness (QED) is 0.582. The van der Waals surface area contributed by atoms with Gasteiger partial charge < -0.3 is 0 Å². The number of hydrogen-bond donors (Lipinski definition) is 1. The highest BCUT2D eigenvalue weighted by atomic mass is 35.5. The highest BCUT2D eigenvalue weighted by Crippen LogP contribution is 2.30. The summed E-state index contributed by atoms with van der Waals surface area (Å²) in [5, 5.41) is 13.8. The lowest BCUT2D eigenvalue weighted by atomic mass is 9.98. The Morgan fingerprint density at radius 1 is 1.42 bits per heavy atom. The molecular formula is C14H18Cl2N2S. The topological polar surface area (TPSA) is 35.8 Å². The lowest BCUT2D eigenvalue weighted by molar-refractivity contribution is 0.426. The molecule has 0 fully saturated rings. The summed E-state index contributed by atoms with van der Waals surface area (Å²) in [5.74, 6) is 0.919. The number of nitriles is 1. The van der Waals surface area contributed by atoms with Gasteiger partial charge in [0.2, 0.25) is 0 Å². The molecule has 5 heteroatoms. The van der Waals surface area contributed by atoms with Gasteiger partial charge in [-0.25, -0.2) is 0 Å². The summed E-state index contributed by atoms with van der Waals surface area (Å²) >= 11 is 13.7. The van der Waals surface area contributed by atoms with Crippen LogP contribution in [0.5, 0.6) is 0 Å². The fourth-order valence-electron chi connectivity index (χ4n) is 1.77. The third-order valence-electron chi connectivity index (χ3n) is 2.79. The Morgan fingerprint density at radius 3 is 2.79 bits per heavy atom. The van der Waals surface area contributed by atoms with Crippen LogP contribution in [-0.4, -0.2) is 17.8 Å². The zero-order chi connectivity index (χ0) is 14.3. The second-order valence-electron chi connectivity index (χ2n) is 4.50. The smallest absolute Gasteiger partial charge is 0.103 e. The minimum atomic E-state index is -0.437. The lowest BCUT2D eigenvalue weighted by Gasteiger charge is -2.22. The lowest BCUT2D eigenvalue weighted by Crippen LogP contribution is -2.40. The molecule has 104 valence electrons. The molecule has 1 rings (SSSR count). The second-order valence-corrected chi connectivity index (χ2v) is 6.48. The van der Waals surface area contributed by atoms with E-state index in [1.807, 2.05) is 26.0 Å². The second kappa shape index (κ2) is 8.01. The predicted molar refractivity (Wildman–Crippen MR) is 84.1 cm³/mol. The van der Waals surface area contributed by atoms with Gasteiger partial charge >= 0.3 is 0 Å². The van der Waals surface area contributed by atoms with Crippen LogP contribution in [0.4, 0.5) is 0 Å². The van der Waals surface area contributed by atoms with Crippen molar-refractivity contribution in [2.45, 2.75) is 37.1 Å². The van der Waals surface area contributed by atoms with Crippen molar-refractivity contribution in [3.05, 3.63) is 28.2 Å². The zero-order valence-corrected chi connectivity index (χ0v) is 13.5. The number of hydrogen-bond acceptors (Lipinski definition) is 3. The Kier molecular flexibility index (Phi) is 7.02. The van der Waals surface area contributed by atoms with Crippen molar-refractivity contribution in [3.8, 4) is 6.07 Å². The van der Waals surface area contributed by atoms with Crippen molar-refractivity contribution in [2.24, 2.45) is 0 Å². The van der Waals surface area contributed by atoms with Crippen LogP contribution in [0.1, 0.15) is 26.7 Å². The molecule has 1 unspecified atom stereocenters. The van der Waals surface area contributed by atoms with Crippen LogP contribution < -0.4 is 5.32 Å². The van der Waals surface area contributed by atoms with Gasteiger partial charge in [0.25, 0.3) is 0 Å². The van der Waals surface area contributed by atoms with Gasteiger partial charge in [-0.3, -0.25) is 5.32 Å². The van der Waals surface area contributed by atoms with Gasteiger partial charge in [0.15, 0.2) is 0 Å². The van der Waals surface area contributed by atoms with Crippen LogP contribution >= 0.6 is 35.0 Å². The first kappa shape index (κ1) is 16.7. The van der Waals surface area contributed by atoms with E-state index >= 15 is 0 Å². The first-order chi connectivity index (χ1) is 9.00. The van der Waals surface area contributed by atoms with E-state index in [4.69, 9.17) is 28.5 Å². The predicted octanol–water partition coefficient (Wildman–Crippen LogP) is 4.76. The van der Waals surface area contributed by atoms with Gasteiger partial charge in [0, 0.05) is 9.92 Å². The Labute approximate surface area is 129 Å². The number of rotatable bonds is 7. The van der Waals surface area contributed by atoms with E-state index in [0.29, 0.717) is 5.02 Å². The molecule has 0 amide bonds. The van der Waals surface area contributed by atoms with Crippen LogP contribution in [0.15, 0.2) is 23.1 Å². The SMILES string of the molecule is CCNC(C)(C#N)CCCSc1cc(Cl)ccc1Cl. The van der Waals surface area contributed by atoms with Crippen LogP contribution in [0.25, 0.3) is 0 Å². The molecule has 0 aromatic heterocycles. The number of nitrogens with one attached hydrogen (secondary N) is 1. The molecule has 0 saturated carbocycles. The molecule has 1 atom stereocenters. The Morgan fingerprint density at radius 2 is 2.16 bits per heavy atom. The van der Waals surface area contributed by atoms with E-state index in [1.165, 1.54) is 0 Å². The molecule has 1 N–H and O–H groups in total. The number of benzene rings is 1. The largest absolute Gasteiger partial charge is 0.300 e. The molecule has 0 bridgehead atoms. The first-order valence-corrected chi connectivity index (χ1v) is 7.99. The van der Waals surface area contributed by atoms with E-state index < -0.39 is 5.54 Å². The van der Waals surface area contributed by atoms with Crippen LogP contribution in [0, 0.1) is 11.3 Å². The molecule has 0 aliphatic heterocycles. The van der Waals surface area contributed by atoms with Gasteiger partial charge in [-0.15, -0.1) is 11.8 Å². The maximum Gasteiger partial charge on any atom is 0.103 e. The molecular weight excluding hydrogens is 299 g/mol. The standard InChI is InChI=1S/C14H18Cl2N2S/c1-3-18-14(2,10-17)7-4-8-19-13-9-11(15)5-6-12(13)16/h5-6,9,18H,3-4,7-8H2,1-2H3. The molecule has 0 heterocycles. The van der Waals surface area contributed by atoms with E-state index in [0.717, 1.165) is 35.1 Å². The summed E-state index contributed by atoms with van der Waals surface area (Å²) in [6.45, 7) is 4.75. The number of halogens is 2. The van der Waals surface area contributed by atoms with E-state index in [2.05, 4.69) is 11.4 Å². The zero-order valence-electron chi connectivity index (χ0n) is 11.2. The Balaban J connectivity index is 2.43. The molecule has 0 radical (unpaired) electrons. The van der Waals surface area contributed by atoms with Gasteiger partial charge in [-0.05, 0) is 50.3 Å². The monoisotopic (exact) mass is 316 g/mol. The van der Waals surface area contributed by atoms with E-state index in [9.17, 15) is 0 Å². The third kappa shape index (κ3) is 5.62. The van der Waals surface area contributed by atoms with Gasteiger partial charge in [0.1, 0.15) is 5.54 Å². The number of nitrogens with zero attached hydrogens (tertiary/aromatic N) is 1. The van der Waals surface area contributed by atoms with E-state index in [-0.39, 0.29) is 0 Å². The van der Waals surface area contributed by atoms with Crippen LogP contribution in [0.2, 0.25) is 10.0 Å². The summed E-state index contributed by atoms with van der Waals surface area (Å²) in [7, 11) is 0. The average Bonchev–Trinajstić information content (AvgIpc) is 2.39. The Bertz CT molecular complexity index is 459. The molecule has 0 spiro atoms. The molecule has 1 aromatic rings. The fraction of sp³-hybridized carbons (Fsp3) is 0.500. The molecule has 2 nitrogen and oxygen atoms in total. The van der Waals surface area contributed by atoms with Crippen molar-refractivity contribution in [2.75, 3.05) is 12.3 Å². The van der Waals surface area contributed by atoms with Crippen molar-refractivity contribution in [1.82, 2.24) is 5.32 Å². The van der Waals surface area contributed by atoms with Gasteiger partial charge in [0.05, 0.1) is 11.1 Å². The van der Waals surface area contributed by atoms with Gasteiger partial charge in [-0.1, -0.05) is 30.1 Å². The Hall–Kier alpha value is -0.400. The molecule has 0 saturated heterocycles. The minimum Gasteiger partial charge on any atom is -0.300 e. The van der Waals surface area contributed by atoms with E-state index in [1.54, 1.807) is 17.8 Å². The minimum absolute atomic E-state index is 0.437. The maximum absolute atomic E-state index is 9.16. The van der Waals surface area contributed by atoms with Crippen LogP contribution in [0.3, 0.4) is 0 Å². The van der Waals surface area contributed by atoms with Crippen molar-refractivity contribution < 1.29 is 0 Å². The normalized spacial score (nSPS) is 13.8. The molecule has 19 heavy (non-hydrogen) atoms. The average molecular weight is 317 g/mol. The van der Waals surface area contributed by atoms with Crippen molar-refractivity contribution >= 4 is 35.0 Å². The van der Waals surface area contributed by atoms with Crippen molar-refractivity contribution in [1.29, 1.82) is 5.26 Å². The first-order valence-electron chi connectivity index (χ1n) is 6.25. The highest BCUT2D eigenvalue weighted by Gasteiger charge is 2.21. The summed E-state index contributed by atoms with van der Waals surface area (Å²) in [4.78, 5) is 0.997. The molecule has 0 aliphatic rings. The maximum atomic E-state index is 9.16. The van der Waals surface area contributed by atoms with Crippen molar-refractivity contribution in [3.63, 3.8) is 0 Å². The number of thioether (sulfide) groups is 1.